The van der Waals surface area contributed by atoms with Gasteiger partial charge in [0.05, 0.1) is 5.57 Å². The van der Waals surface area contributed by atoms with Crippen molar-refractivity contribution < 1.29 is 13.2 Å². The van der Waals surface area contributed by atoms with E-state index >= 15 is 0 Å². The first-order valence-corrected chi connectivity index (χ1v) is 11.3. The number of hydrazone groups is 1. The molecule has 148 valence electrons. The van der Waals surface area contributed by atoms with Crippen LogP contribution in [0, 0.1) is 19.3 Å². The zero-order valence-electron chi connectivity index (χ0n) is 15.9. The largest absolute Gasteiger partial charge is 0.318 e. The lowest BCUT2D eigenvalue weighted by Crippen LogP contribution is -2.35. The van der Waals surface area contributed by atoms with Crippen molar-refractivity contribution in [3.63, 3.8) is 0 Å². The molecule has 3 heterocycles. The molecule has 0 bridgehead atoms. The molecule has 0 aliphatic carbocycles. The lowest BCUT2D eigenvalue weighted by atomic mass is 10.1. The van der Waals surface area contributed by atoms with Gasteiger partial charge in [0.2, 0.25) is 19.4 Å². The number of rotatable bonds is 2. The number of hydrogen-bond donors (Lipinski definition) is 1. The number of aliphatic imine (C=N–C) groups is 1. The van der Waals surface area contributed by atoms with Crippen molar-refractivity contribution in [2.75, 3.05) is 6.26 Å². The highest BCUT2D eigenvalue weighted by Crippen LogP contribution is 2.31. The van der Waals surface area contributed by atoms with Crippen LogP contribution in [0.1, 0.15) is 17.0 Å². The van der Waals surface area contributed by atoms with Crippen LogP contribution >= 0.6 is 11.8 Å². The van der Waals surface area contributed by atoms with Gasteiger partial charge in [0, 0.05) is 23.3 Å². The number of aromatic nitrogens is 1. The number of amidine groups is 2. The Morgan fingerprint density at radius 3 is 2.52 bits per heavy atom. The van der Waals surface area contributed by atoms with Crippen LogP contribution in [-0.4, -0.2) is 45.5 Å². The Kier molecular flexibility index (Phi) is 4.55. The second-order valence-electron chi connectivity index (χ2n) is 6.66. The van der Waals surface area contributed by atoms with Gasteiger partial charge in [-0.25, -0.2) is 8.42 Å². The summed E-state index contributed by atoms with van der Waals surface area (Å²) in [5.41, 5.74) is 3.72. The molecule has 4 rings (SSSR count). The van der Waals surface area contributed by atoms with Crippen LogP contribution in [0.5, 0.6) is 0 Å². The maximum atomic E-state index is 12.5. The molecule has 1 amide bonds. The summed E-state index contributed by atoms with van der Waals surface area (Å²) < 4.78 is 25.4. The van der Waals surface area contributed by atoms with Crippen LogP contribution in [0.4, 0.5) is 0 Å². The fourth-order valence-corrected chi connectivity index (χ4v) is 4.87. The third-order valence-corrected chi connectivity index (χ3v) is 7.12. The van der Waals surface area contributed by atoms with Crippen LogP contribution in [0.2, 0.25) is 0 Å². The maximum Gasteiger partial charge on any atom is 0.283 e. The summed E-state index contributed by atoms with van der Waals surface area (Å²) in [6.07, 6.45) is 2.63. The summed E-state index contributed by atoms with van der Waals surface area (Å²) in [6, 6.07) is 11.8. The summed E-state index contributed by atoms with van der Waals surface area (Å²) in [4.78, 5) is 16.5. The minimum atomic E-state index is -3.56. The molecule has 0 fully saturated rings. The second kappa shape index (κ2) is 6.82. The fourth-order valence-electron chi connectivity index (χ4n) is 3.19. The number of sulfone groups is 1. The number of nitrogens with zero attached hydrogens (tertiary/aromatic N) is 4. The molecule has 0 unspecified atom stereocenters. The number of nitrogens with one attached hydrogen (secondary N) is 1. The molecule has 8 nitrogen and oxygen atoms in total. The Labute approximate surface area is 172 Å². The number of carbonyl (C=O) groups excluding carboxylic acids is 1. The van der Waals surface area contributed by atoms with Gasteiger partial charge < -0.3 is 4.57 Å². The average molecular weight is 428 g/mol. The van der Waals surface area contributed by atoms with Crippen molar-refractivity contribution in [2.45, 2.75) is 13.8 Å². The maximum absolute atomic E-state index is 12.5. The van der Waals surface area contributed by atoms with Crippen molar-refractivity contribution in [1.82, 2.24) is 9.58 Å². The highest BCUT2D eigenvalue weighted by Gasteiger charge is 2.38. The smallest absolute Gasteiger partial charge is 0.283 e. The third kappa shape index (κ3) is 3.34. The van der Waals surface area contributed by atoms with Crippen LogP contribution in [0.25, 0.3) is 11.8 Å². The van der Waals surface area contributed by atoms with Crippen molar-refractivity contribution in [3.05, 3.63) is 58.9 Å². The normalized spacial score (nSPS) is 18.2. The van der Waals surface area contributed by atoms with Crippen molar-refractivity contribution >= 4 is 49.0 Å². The summed E-state index contributed by atoms with van der Waals surface area (Å²) >= 11 is 0.769. The van der Waals surface area contributed by atoms with Gasteiger partial charge in [-0.2, -0.15) is 10.0 Å². The van der Waals surface area contributed by atoms with Crippen molar-refractivity contribution in [2.24, 2.45) is 10.1 Å². The first kappa shape index (κ1) is 19.3. The molecule has 0 saturated carbocycles. The first-order chi connectivity index (χ1) is 13.7. The molecule has 0 atom stereocenters. The Morgan fingerprint density at radius 2 is 1.86 bits per heavy atom. The van der Waals surface area contributed by atoms with Gasteiger partial charge in [-0.15, -0.1) is 5.10 Å². The van der Waals surface area contributed by atoms with Crippen LogP contribution in [-0.2, 0) is 14.6 Å². The molecule has 10 heteroatoms. The number of thioether (sulfide) groups is 1. The minimum absolute atomic E-state index is 0.0566. The van der Waals surface area contributed by atoms with Gasteiger partial charge >= 0.3 is 0 Å². The summed E-state index contributed by atoms with van der Waals surface area (Å²) in [5, 5.41) is 13.5. The number of para-hydroxylation sites is 1. The molecule has 2 aliphatic rings. The lowest BCUT2D eigenvalue weighted by molar-refractivity contribution is -0.114. The molecule has 1 aromatic carbocycles. The predicted octanol–water partition coefficient (Wildman–Crippen LogP) is 2.72. The molecular weight excluding hydrogens is 410 g/mol. The molecule has 2 aliphatic heterocycles. The van der Waals surface area contributed by atoms with Crippen LogP contribution < -0.4 is 0 Å². The van der Waals surface area contributed by atoms with E-state index in [-0.39, 0.29) is 21.0 Å². The zero-order chi connectivity index (χ0) is 20.9. The number of fused-ring (bicyclic) bond motifs is 1. The van der Waals surface area contributed by atoms with Gasteiger partial charge in [0.15, 0.2) is 5.84 Å². The summed E-state index contributed by atoms with van der Waals surface area (Å²) in [6.45, 7) is 3.90. The number of benzene rings is 1. The van der Waals surface area contributed by atoms with E-state index < -0.39 is 15.7 Å². The Hall–Kier alpha value is -2.98. The quantitative estimate of drug-likeness (QED) is 0.742. The number of aryl methyl sites for hydroxylation is 1. The standard InChI is InChI=1S/C19H17N5O3S2/c1-11-9-13(12(2)23(11)14-7-5-4-6-8-14)10-15-16(20)24-18(21-17(15)25)28-19(22-24)29(3,26)27/h4-10,20H,1-3H3/b15-10+,20-16?. The highest BCUT2D eigenvalue weighted by molar-refractivity contribution is 8.42. The first-order valence-electron chi connectivity index (χ1n) is 8.61. The van der Waals surface area contributed by atoms with Gasteiger partial charge in [-0.05, 0) is 55.4 Å². The van der Waals surface area contributed by atoms with Gasteiger partial charge in [-0.1, -0.05) is 18.2 Å². The topological polar surface area (TPSA) is 108 Å². The SMILES string of the molecule is Cc1cc(/C=C2\C(=N)N3N=C(S(C)(=O)=O)SC3=NC2=O)c(C)n1-c1ccccc1. The Morgan fingerprint density at radius 1 is 1.17 bits per heavy atom. The van der Waals surface area contributed by atoms with E-state index in [0.717, 1.165) is 45.7 Å². The van der Waals surface area contributed by atoms with Gasteiger partial charge in [0.1, 0.15) is 0 Å². The van der Waals surface area contributed by atoms with E-state index in [0.29, 0.717) is 0 Å². The van der Waals surface area contributed by atoms with Crippen molar-refractivity contribution in [3.8, 4) is 5.69 Å². The number of hydrogen-bond acceptors (Lipinski definition) is 6. The number of amides is 1. The molecule has 0 saturated heterocycles. The van der Waals surface area contributed by atoms with Gasteiger partial charge in [0.25, 0.3) is 5.91 Å². The van der Waals surface area contributed by atoms with E-state index in [2.05, 4.69) is 14.7 Å². The minimum Gasteiger partial charge on any atom is -0.318 e. The van der Waals surface area contributed by atoms with Crippen LogP contribution in [0.15, 0.2) is 52.1 Å². The lowest BCUT2D eigenvalue weighted by Gasteiger charge is -2.20. The Bertz CT molecular complexity index is 1250. The van der Waals surface area contributed by atoms with Crippen molar-refractivity contribution in [1.29, 1.82) is 5.41 Å². The second-order valence-corrected chi connectivity index (χ2v) is 9.80. The average Bonchev–Trinajstić information content (AvgIpc) is 3.20. The monoisotopic (exact) mass is 427 g/mol. The number of carbonyl (C=O) groups is 1. The predicted molar refractivity (Wildman–Crippen MR) is 115 cm³/mol. The van der Waals surface area contributed by atoms with E-state index in [1.54, 1.807) is 6.08 Å². The molecule has 1 aromatic heterocycles. The zero-order valence-corrected chi connectivity index (χ0v) is 17.5. The molecule has 1 N–H and O–H groups in total. The third-order valence-electron chi connectivity index (χ3n) is 4.54. The molecule has 0 spiro atoms. The van der Waals surface area contributed by atoms with E-state index in [9.17, 15) is 13.2 Å². The summed E-state index contributed by atoms with van der Waals surface area (Å²) in [7, 11) is -3.56. The van der Waals surface area contributed by atoms with E-state index in [1.807, 2.05) is 50.2 Å². The molecule has 2 aromatic rings. The van der Waals surface area contributed by atoms with Crippen LogP contribution in [0.3, 0.4) is 0 Å². The molecule has 29 heavy (non-hydrogen) atoms. The van der Waals surface area contributed by atoms with E-state index in [1.165, 1.54) is 0 Å². The van der Waals surface area contributed by atoms with Gasteiger partial charge in [-0.3, -0.25) is 10.2 Å². The molecule has 0 radical (unpaired) electrons. The molecular formula is C19H17N5O3S2. The summed E-state index contributed by atoms with van der Waals surface area (Å²) in [5.74, 6) is -0.793. The highest BCUT2D eigenvalue weighted by atomic mass is 32.3. The Balaban J connectivity index is 1.76. The van der Waals surface area contributed by atoms with E-state index in [4.69, 9.17) is 5.41 Å². The fraction of sp³-hybridized carbons (Fsp3) is 0.158.